The summed E-state index contributed by atoms with van der Waals surface area (Å²) in [5, 5.41) is 2.68. The molecule has 0 radical (unpaired) electrons. The first-order valence-corrected chi connectivity index (χ1v) is 6.75. The van der Waals surface area contributed by atoms with Gasteiger partial charge in [-0.2, -0.15) is 0 Å². The molecular formula is C15H20N2O2. The van der Waals surface area contributed by atoms with Crippen LogP contribution in [0.5, 0.6) is 0 Å². The van der Waals surface area contributed by atoms with Crippen LogP contribution in [-0.4, -0.2) is 29.8 Å². The van der Waals surface area contributed by atoms with E-state index in [1.165, 1.54) is 5.56 Å². The second-order valence-electron chi connectivity index (χ2n) is 5.11. The average molecular weight is 260 g/mol. The lowest BCUT2D eigenvalue weighted by Crippen LogP contribution is -2.42. The Morgan fingerprint density at radius 1 is 1.05 bits per heavy atom. The molecule has 1 fully saturated rings. The lowest BCUT2D eigenvalue weighted by molar-refractivity contribution is -0.143. The van der Waals surface area contributed by atoms with E-state index in [-0.39, 0.29) is 0 Å². The molecule has 1 aromatic carbocycles. The lowest BCUT2D eigenvalue weighted by atomic mass is 10.1. The summed E-state index contributed by atoms with van der Waals surface area (Å²) in [7, 11) is 0. The van der Waals surface area contributed by atoms with Gasteiger partial charge in [0.25, 0.3) is 0 Å². The number of anilines is 1. The molecule has 102 valence electrons. The molecule has 1 aliphatic rings. The third-order valence-corrected chi connectivity index (χ3v) is 3.60. The van der Waals surface area contributed by atoms with Crippen LogP contribution in [0.1, 0.15) is 30.4 Å². The Hall–Kier alpha value is -1.84. The van der Waals surface area contributed by atoms with Crippen molar-refractivity contribution in [1.29, 1.82) is 0 Å². The molecule has 0 saturated carbocycles. The first-order valence-electron chi connectivity index (χ1n) is 6.75. The zero-order chi connectivity index (χ0) is 13.8. The van der Waals surface area contributed by atoms with Crippen LogP contribution >= 0.6 is 0 Å². The molecule has 1 aliphatic heterocycles. The zero-order valence-electron chi connectivity index (χ0n) is 11.5. The van der Waals surface area contributed by atoms with Gasteiger partial charge in [0.1, 0.15) is 0 Å². The minimum atomic E-state index is -0.537. The maximum Gasteiger partial charge on any atom is 0.313 e. The van der Waals surface area contributed by atoms with Crippen molar-refractivity contribution in [2.24, 2.45) is 0 Å². The molecule has 0 aliphatic carbocycles. The minimum Gasteiger partial charge on any atom is -0.334 e. The van der Waals surface area contributed by atoms with Crippen molar-refractivity contribution >= 4 is 17.5 Å². The number of hydrogen-bond donors (Lipinski definition) is 1. The molecule has 0 atom stereocenters. The zero-order valence-corrected chi connectivity index (χ0v) is 11.5. The van der Waals surface area contributed by atoms with Crippen molar-refractivity contribution in [2.75, 3.05) is 18.4 Å². The Labute approximate surface area is 113 Å². The Morgan fingerprint density at radius 3 is 2.37 bits per heavy atom. The van der Waals surface area contributed by atoms with Gasteiger partial charge in [-0.05, 0) is 56.4 Å². The van der Waals surface area contributed by atoms with Gasteiger partial charge in [-0.1, -0.05) is 6.07 Å². The summed E-state index contributed by atoms with van der Waals surface area (Å²) in [6, 6.07) is 5.65. The number of hydrogen-bond acceptors (Lipinski definition) is 2. The first kappa shape index (κ1) is 13.6. The van der Waals surface area contributed by atoms with Crippen LogP contribution in [0.4, 0.5) is 5.69 Å². The predicted octanol–water partition coefficient (Wildman–Crippen LogP) is 2.25. The molecule has 2 rings (SSSR count). The highest BCUT2D eigenvalue weighted by Gasteiger charge is 2.23. The monoisotopic (exact) mass is 260 g/mol. The van der Waals surface area contributed by atoms with Crippen LogP contribution in [0.25, 0.3) is 0 Å². The van der Waals surface area contributed by atoms with E-state index in [2.05, 4.69) is 5.32 Å². The highest BCUT2D eigenvalue weighted by Crippen LogP contribution is 2.15. The van der Waals surface area contributed by atoms with E-state index in [0.29, 0.717) is 18.8 Å². The summed E-state index contributed by atoms with van der Waals surface area (Å²) in [4.78, 5) is 25.5. The van der Waals surface area contributed by atoms with Gasteiger partial charge in [-0.3, -0.25) is 9.59 Å². The van der Waals surface area contributed by atoms with E-state index >= 15 is 0 Å². The number of nitrogens with one attached hydrogen (secondary N) is 1. The highest BCUT2D eigenvalue weighted by molar-refractivity contribution is 6.39. The smallest absolute Gasteiger partial charge is 0.313 e. The molecule has 1 saturated heterocycles. The standard InChI is InChI=1S/C15H20N2O2/c1-11-6-7-13(10-12(11)2)16-14(18)15(19)17-8-4-3-5-9-17/h6-7,10H,3-5,8-9H2,1-2H3,(H,16,18). The third-order valence-electron chi connectivity index (χ3n) is 3.60. The van der Waals surface area contributed by atoms with Gasteiger partial charge in [-0.15, -0.1) is 0 Å². The highest BCUT2D eigenvalue weighted by atomic mass is 16.2. The number of benzene rings is 1. The minimum absolute atomic E-state index is 0.419. The van der Waals surface area contributed by atoms with E-state index in [1.54, 1.807) is 4.90 Å². The number of amides is 2. The lowest BCUT2D eigenvalue weighted by Gasteiger charge is -2.25. The Balaban J connectivity index is 1.99. The topological polar surface area (TPSA) is 49.4 Å². The molecule has 0 aromatic heterocycles. The van der Waals surface area contributed by atoms with Crippen molar-refractivity contribution in [1.82, 2.24) is 4.90 Å². The van der Waals surface area contributed by atoms with E-state index in [1.807, 2.05) is 32.0 Å². The quantitative estimate of drug-likeness (QED) is 0.787. The van der Waals surface area contributed by atoms with Crippen molar-refractivity contribution in [3.05, 3.63) is 29.3 Å². The normalized spacial score (nSPS) is 15.2. The molecule has 1 N–H and O–H groups in total. The summed E-state index contributed by atoms with van der Waals surface area (Å²) < 4.78 is 0. The van der Waals surface area contributed by atoms with Crippen LogP contribution in [-0.2, 0) is 9.59 Å². The number of aryl methyl sites for hydroxylation is 2. The van der Waals surface area contributed by atoms with Gasteiger partial charge in [0.05, 0.1) is 0 Å². The molecule has 2 amide bonds. The Bertz CT molecular complexity index is 491. The first-order chi connectivity index (χ1) is 9.08. The van der Waals surface area contributed by atoms with E-state index in [9.17, 15) is 9.59 Å². The van der Waals surface area contributed by atoms with Crippen LogP contribution in [0.15, 0.2) is 18.2 Å². The number of rotatable bonds is 1. The summed E-state index contributed by atoms with van der Waals surface area (Å²) in [6.45, 7) is 5.38. The second-order valence-corrected chi connectivity index (χ2v) is 5.11. The van der Waals surface area contributed by atoms with Crippen LogP contribution in [0.2, 0.25) is 0 Å². The van der Waals surface area contributed by atoms with Crippen molar-refractivity contribution in [3.63, 3.8) is 0 Å². The average Bonchev–Trinajstić information content (AvgIpc) is 2.43. The fourth-order valence-electron chi connectivity index (χ4n) is 2.24. The Kier molecular flexibility index (Phi) is 4.20. The number of piperidine rings is 1. The third kappa shape index (κ3) is 3.34. The molecule has 4 nitrogen and oxygen atoms in total. The molecule has 1 heterocycles. The summed E-state index contributed by atoms with van der Waals surface area (Å²) in [5.74, 6) is -0.955. The van der Waals surface area contributed by atoms with Gasteiger partial charge in [0, 0.05) is 18.8 Å². The van der Waals surface area contributed by atoms with E-state index < -0.39 is 11.8 Å². The molecule has 0 unspecified atom stereocenters. The maximum atomic E-state index is 12.0. The molecule has 0 spiro atoms. The molecular weight excluding hydrogens is 240 g/mol. The number of carbonyl (C=O) groups excluding carboxylic acids is 2. The summed E-state index contributed by atoms with van der Waals surface area (Å²) >= 11 is 0. The van der Waals surface area contributed by atoms with E-state index in [0.717, 1.165) is 24.8 Å². The summed E-state index contributed by atoms with van der Waals surface area (Å²) in [5.41, 5.74) is 2.95. The van der Waals surface area contributed by atoms with Crippen LogP contribution in [0.3, 0.4) is 0 Å². The van der Waals surface area contributed by atoms with Crippen molar-refractivity contribution in [2.45, 2.75) is 33.1 Å². The van der Waals surface area contributed by atoms with Gasteiger partial charge >= 0.3 is 11.8 Å². The number of likely N-dealkylation sites (tertiary alicyclic amines) is 1. The fourth-order valence-corrected chi connectivity index (χ4v) is 2.24. The van der Waals surface area contributed by atoms with Crippen molar-refractivity contribution < 1.29 is 9.59 Å². The van der Waals surface area contributed by atoms with Crippen LogP contribution < -0.4 is 5.32 Å². The van der Waals surface area contributed by atoms with Crippen molar-refractivity contribution in [3.8, 4) is 0 Å². The maximum absolute atomic E-state index is 12.0. The van der Waals surface area contributed by atoms with Crippen LogP contribution in [0, 0.1) is 13.8 Å². The molecule has 4 heteroatoms. The van der Waals surface area contributed by atoms with Gasteiger partial charge < -0.3 is 10.2 Å². The SMILES string of the molecule is Cc1ccc(NC(=O)C(=O)N2CCCCC2)cc1C. The van der Waals surface area contributed by atoms with Gasteiger partial charge in [0.15, 0.2) is 0 Å². The molecule has 0 bridgehead atoms. The second kappa shape index (κ2) is 5.87. The Morgan fingerprint density at radius 2 is 1.74 bits per heavy atom. The molecule has 1 aromatic rings. The van der Waals surface area contributed by atoms with Gasteiger partial charge in [0.2, 0.25) is 0 Å². The number of carbonyl (C=O) groups is 2. The molecule has 19 heavy (non-hydrogen) atoms. The van der Waals surface area contributed by atoms with E-state index in [4.69, 9.17) is 0 Å². The summed E-state index contributed by atoms with van der Waals surface area (Å²) in [6.07, 6.45) is 3.12. The largest absolute Gasteiger partial charge is 0.334 e. The fraction of sp³-hybridized carbons (Fsp3) is 0.467. The predicted molar refractivity (Wildman–Crippen MR) is 75.0 cm³/mol. The number of nitrogens with zero attached hydrogens (tertiary/aromatic N) is 1. The van der Waals surface area contributed by atoms with Gasteiger partial charge in [-0.25, -0.2) is 0 Å².